The van der Waals surface area contributed by atoms with Crippen LogP contribution in [0.4, 0.5) is 5.13 Å². The van der Waals surface area contributed by atoms with Crippen molar-refractivity contribution in [1.82, 2.24) is 4.98 Å². The third-order valence-electron chi connectivity index (χ3n) is 3.35. The zero-order valence-corrected chi connectivity index (χ0v) is 13.8. The van der Waals surface area contributed by atoms with Crippen LogP contribution >= 0.6 is 22.7 Å². The summed E-state index contributed by atoms with van der Waals surface area (Å²) in [6.07, 6.45) is 1.42. The van der Waals surface area contributed by atoms with Crippen molar-refractivity contribution in [2.75, 3.05) is 5.32 Å². The maximum absolute atomic E-state index is 12.0. The van der Waals surface area contributed by atoms with E-state index in [4.69, 9.17) is 0 Å². The minimum absolute atomic E-state index is 0.0272. The zero-order valence-electron chi connectivity index (χ0n) is 12.2. The number of nitrogens with zero attached hydrogens (tertiary/aromatic N) is 1. The van der Waals surface area contributed by atoms with Gasteiger partial charge in [-0.25, -0.2) is 4.98 Å². The van der Waals surface area contributed by atoms with Crippen LogP contribution in [0.15, 0.2) is 46.5 Å². The van der Waals surface area contributed by atoms with E-state index in [1.807, 2.05) is 22.2 Å². The second-order valence-corrected chi connectivity index (χ2v) is 6.58. The first kappa shape index (κ1) is 14.9. The highest BCUT2D eigenvalue weighted by Gasteiger charge is 2.09. The summed E-state index contributed by atoms with van der Waals surface area (Å²) in [5.41, 5.74) is 4.32. The average molecular weight is 328 g/mol. The molecule has 5 heteroatoms. The summed E-state index contributed by atoms with van der Waals surface area (Å²) in [6, 6.07) is 10.3. The monoisotopic (exact) mass is 328 g/mol. The van der Waals surface area contributed by atoms with E-state index in [0.29, 0.717) is 11.6 Å². The first-order chi connectivity index (χ1) is 10.7. The summed E-state index contributed by atoms with van der Waals surface area (Å²) in [6.45, 7) is 2.14. The summed E-state index contributed by atoms with van der Waals surface area (Å²) < 4.78 is 0. The quantitative estimate of drug-likeness (QED) is 0.743. The molecule has 22 heavy (non-hydrogen) atoms. The maximum atomic E-state index is 12.0. The minimum atomic E-state index is -0.0272. The Morgan fingerprint density at radius 2 is 1.95 bits per heavy atom. The molecule has 112 valence electrons. The molecule has 0 unspecified atom stereocenters. The van der Waals surface area contributed by atoms with E-state index in [2.05, 4.69) is 41.5 Å². The van der Waals surface area contributed by atoms with E-state index < -0.39 is 0 Å². The number of benzene rings is 1. The number of nitrogens with one attached hydrogen (secondary N) is 1. The number of thiophene rings is 1. The first-order valence-corrected chi connectivity index (χ1v) is 8.92. The summed E-state index contributed by atoms with van der Waals surface area (Å²) in [5.74, 6) is -0.0272. The molecular weight excluding hydrogens is 312 g/mol. The molecule has 3 nitrogen and oxygen atoms in total. The molecule has 0 saturated heterocycles. The molecule has 2 aromatic heterocycles. The van der Waals surface area contributed by atoms with Crippen LogP contribution in [-0.4, -0.2) is 10.9 Å². The average Bonchev–Trinajstić information content (AvgIpc) is 3.19. The van der Waals surface area contributed by atoms with Crippen LogP contribution in [0, 0.1) is 0 Å². The SMILES string of the molecule is CCc1ccc(-c2csc(NC(=O)Cc3ccsc3)n2)cc1. The molecule has 3 aromatic rings. The van der Waals surface area contributed by atoms with Gasteiger partial charge in [-0.2, -0.15) is 11.3 Å². The van der Waals surface area contributed by atoms with Crippen molar-refractivity contribution in [2.45, 2.75) is 19.8 Å². The van der Waals surface area contributed by atoms with Crippen molar-refractivity contribution >= 4 is 33.7 Å². The highest BCUT2D eigenvalue weighted by molar-refractivity contribution is 7.14. The van der Waals surface area contributed by atoms with Gasteiger partial charge in [-0.05, 0) is 34.4 Å². The van der Waals surface area contributed by atoms with Crippen molar-refractivity contribution < 1.29 is 4.79 Å². The van der Waals surface area contributed by atoms with Gasteiger partial charge in [0, 0.05) is 10.9 Å². The molecule has 3 rings (SSSR count). The summed E-state index contributed by atoms with van der Waals surface area (Å²) in [5, 5.41) is 9.45. The summed E-state index contributed by atoms with van der Waals surface area (Å²) in [7, 11) is 0. The normalized spacial score (nSPS) is 10.6. The Morgan fingerprint density at radius 1 is 1.14 bits per heavy atom. The summed E-state index contributed by atoms with van der Waals surface area (Å²) in [4.78, 5) is 16.5. The number of hydrogen-bond donors (Lipinski definition) is 1. The molecule has 0 radical (unpaired) electrons. The number of aromatic nitrogens is 1. The van der Waals surface area contributed by atoms with E-state index in [-0.39, 0.29) is 5.91 Å². The Labute approximate surface area is 137 Å². The third kappa shape index (κ3) is 3.61. The fourth-order valence-corrected chi connectivity index (χ4v) is 3.52. The molecule has 1 amide bonds. The second kappa shape index (κ2) is 6.85. The van der Waals surface area contributed by atoms with Crippen molar-refractivity contribution in [2.24, 2.45) is 0 Å². The van der Waals surface area contributed by atoms with Gasteiger partial charge in [0.2, 0.25) is 5.91 Å². The zero-order chi connectivity index (χ0) is 15.4. The number of amides is 1. The molecule has 1 N–H and O–H groups in total. The van der Waals surface area contributed by atoms with E-state index in [1.54, 1.807) is 11.3 Å². The van der Waals surface area contributed by atoms with Crippen LogP contribution in [0.1, 0.15) is 18.1 Å². The molecule has 0 saturated carbocycles. The third-order valence-corrected chi connectivity index (χ3v) is 4.84. The number of rotatable bonds is 5. The Morgan fingerprint density at radius 3 is 2.64 bits per heavy atom. The van der Waals surface area contributed by atoms with Gasteiger partial charge in [-0.15, -0.1) is 11.3 Å². The standard InChI is InChI=1S/C17H16N2OS2/c1-2-12-3-5-14(6-4-12)15-11-22-17(18-15)19-16(20)9-13-7-8-21-10-13/h3-8,10-11H,2,9H2,1H3,(H,18,19,20). The lowest BCUT2D eigenvalue weighted by atomic mass is 10.1. The highest BCUT2D eigenvalue weighted by Crippen LogP contribution is 2.25. The van der Waals surface area contributed by atoms with Crippen LogP contribution in [0.25, 0.3) is 11.3 Å². The van der Waals surface area contributed by atoms with Crippen molar-refractivity contribution in [3.8, 4) is 11.3 Å². The van der Waals surface area contributed by atoms with Crippen LogP contribution in [-0.2, 0) is 17.6 Å². The van der Waals surface area contributed by atoms with Crippen LogP contribution in [0.3, 0.4) is 0 Å². The number of aryl methyl sites for hydroxylation is 1. The number of carbonyl (C=O) groups excluding carboxylic acids is 1. The predicted octanol–water partition coefficient (Wildman–Crippen LogP) is 4.62. The fraction of sp³-hybridized carbons (Fsp3) is 0.176. The van der Waals surface area contributed by atoms with Crippen LogP contribution in [0.5, 0.6) is 0 Å². The maximum Gasteiger partial charge on any atom is 0.230 e. The molecule has 0 fully saturated rings. The Hall–Kier alpha value is -1.98. The molecule has 0 aliphatic rings. The topological polar surface area (TPSA) is 42.0 Å². The number of hydrogen-bond acceptors (Lipinski definition) is 4. The summed E-state index contributed by atoms with van der Waals surface area (Å²) >= 11 is 3.05. The molecule has 0 atom stereocenters. The van der Waals surface area contributed by atoms with Crippen molar-refractivity contribution in [3.05, 3.63) is 57.6 Å². The van der Waals surface area contributed by atoms with Gasteiger partial charge in [0.05, 0.1) is 12.1 Å². The van der Waals surface area contributed by atoms with Crippen LogP contribution < -0.4 is 5.32 Å². The fourth-order valence-electron chi connectivity index (χ4n) is 2.12. The molecule has 2 heterocycles. The smallest absolute Gasteiger partial charge is 0.230 e. The van der Waals surface area contributed by atoms with E-state index in [0.717, 1.165) is 23.2 Å². The lowest BCUT2D eigenvalue weighted by molar-refractivity contribution is -0.115. The van der Waals surface area contributed by atoms with Crippen LogP contribution in [0.2, 0.25) is 0 Å². The molecule has 0 aliphatic carbocycles. The molecular formula is C17H16N2OS2. The van der Waals surface area contributed by atoms with Gasteiger partial charge in [0.1, 0.15) is 0 Å². The molecule has 0 aliphatic heterocycles. The van der Waals surface area contributed by atoms with Crippen molar-refractivity contribution in [1.29, 1.82) is 0 Å². The van der Waals surface area contributed by atoms with E-state index in [1.165, 1.54) is 16.9 Å². The first-order valence-electron chi connectivity index (χ1n) is 7.10. The van der Waals surface area contributed by atoms with E-state index in [9.17, 15) is 4.79 Å². The Kier molecular flexibility index (Phi) is 4.65. The van der Waals surface area contributed by atoms with Gasteiger partial charge in [-0.3, -0.25) is 4.79 Å². The van der Waals surface area contributed by atoms with Gasteiger partial charge in [-0.1, -0.05) is 31.2 Å². The minimum Gasteiger partial charge on any atom is -0.302 e. The lowest BCUT2D eigenvalue weighted by Gasteiger charge is -2.01. The lowest BCUT2D eigenvalue weighted by Crippen LogP contribution is -2.13. The molecule has 1 aromatic carbocycles. The van der Waals surface area contributed by atoms with Crippen molar-refractivity contribution in [3.63, 3.8) is 0 Å². The molecule has 0 bridgehead atoms. The second-order valence-electron chi connectivity index (χ2n) is 4.94. The largest absolute Gasteiger partial charge is 0.302 e. The number of carbonyl (C=O) groups is 1. The Bertz CT molecular complexity index is 745. The van der Waals surface area contributed by atoms with Gasteiger partial charge < -0.3 is 5.32 Å². The number of thiazole rings is 1. The highest BCUT2D eigenvalue weighted by atomic mass is 32.1. The van der Waals surface area contributed by atoms with Gasteiger partial charge >= 0.3 is 0 Å². The Balaban J connectivity index is 1.66. The van der Waals surface area contributed by atoms with Gasteiger partial charge in [0.15, 0.2) is 5.13 Å². The van der Waals surface area contributed by atoms with E-state index >= 15 is 0 Å². The van der Waals surface area contributed by atoms with Gasteiger partial charge in [0.25, 0.3) is 0 Å². The molecule has 0 spiro atoms. The number of anilines is 1. The predicted molar refractivity (Wildman–Crippen MR) is 93.6 cm³/mol.